The van der Waals surface area contributed by atoms with Crippen LogP contribution in [0.15, 0.2) is 0 Å². The first-order chi connectivity index (χ1) is 6.07. The Labute approximate surface area is 82.3 Å². The summed E-state index contributed by atoms with van der Waals surface area (Å²) in [6.45, 7) is -0.210. The molecule has 0 fully saturated rings. The first kappa shape index (κ1) is 12.3. The predicted molar refractivity (Wildman–Crippen MR) is 52.9 cm³/mol. The van der Waals surface area contributed by atoms with Gasteiger partial charge in [-0.3, -0.25) is 9.59 Å². The van der Waals surface area contributed by atoms with Crippen LogP contribution >= 0.6 is 11.8 Å². The third-order valence-corrected chi connectivity index (χ3v) is 2.23. The Balaban J connectivity index is 3.63. The fraction of sp³-hybridized carbons (Fsp3) is 0.750. The Bertz CT molecular complexity index is 184. The van der Waals surface area contributed by atoms with Crippen LogP contribution in [0.2, 0.25) is 0 Å². The summed E-state index contributed by atoms with van der Waals surface area (Å²) in [6, 6.07) is 0. The van der Waals surface area contributed by atoms with Gasteiger partial charge < -0.3 is 10.0 Å². The maximum absolute atomic E-state index is 11.2. The van der Waals surface area contributed by atoms with Crippen LogP contribution < -0.4 is 0 Å². The number of rotatable bonds is 6. The van der Waals surface area contributed by atoms with Crippen molar-refractivity contribution in [2.24, 2.45) is 0 Å². The maximum Gasteiger partial charge on any atom is 0.323 e. The lowest BCUT2D eigenvalue weighted by atomic mass is 10.3. The summed E-state index contributed by atoms with van der Waals surface area (Å²) >= 11 is 1.68. The van der Waals surface area contributed by atoms with Crippen LogP contribution in [0, 0.1) is 0 Å². The number of hydrogen-bond acceptors (Lipinski definition) is 3. The summed E-state index contributed by atoms with van der Waals surface area (Å²) in [4.78, 5) is 22.7. The highest BCUT2D eigenvalue weighted by atomic mass is 32.2. The number of aliphatic carboxylic acids is 1. The molecule has 0 aliphatic carbocycles. The van der Waals surface area contributed by atoms with Gasteiger partial charge in [-0.15, -0.1) is 0 Å². The second kappa shape index (κ2) is 6.77. The number of nitrogens with zero attached hydrogens (tertiary/aromatic N) is 1. The molecule has 0 bridgehead atoms. The topological polar surface area (TPSA) is 57.6 Å². The summed E-state index contributed by atoms with van der Waals surface area (Å²) in [5, 5.41) is 8.41. The van der Waals surface area contributed by atoms with Gasteiger partial charge in [-0.05, 0) is 18.4 Å². The molecule has 0 spiro atoms. The lowest BCUT2D eigenvalue weighted by molar-refractivity contribution is -0.143. The molecule has 1 amide bonds. The molecule has 5 heteroatoms. The van der Waals surface area contributed by atoms with Crippen molar-refractivity contribution < 1.29 is 14.7 Å². The van der Waals surface area contributed by atoms with E-state index in [1.165, 1.54) is 11.9 Å². The Morgan fingerprint density at radius 3 is 2.54 bits per heavy atom. The number of carboxylic acid groups (broad SMARTS) is 1. The van der Waals surface area contributed by atoms with E-state index >= 15 is 0 Å². The average Bonchev–Trinajstić information content (AvgIpc) is 2.03. The molecule has 0 aliphatic rings. The van der Waals surface area contributed by atoms with Gasteiger partial charge in [-0.25, -0.2) is 0 Å². The predicted octanol–water partition coefficient (Wildman–Crippen LogP) is 0.673. The van der Waals surface area contributed by atoms with Crippen molar-refractivity contribution in [3.8, 4) is 0 Å². The van der Waals surface area contributed by atoms with Gasteiger partial charge in [0.25, 0.3) is 0 Å². The molecule has 0 rings (SSSR count). The van der Waals surface area contributed by atoms with Crippen molar-refractivity contribution in [2.45, 2.75) is 12.8 Å². The number of amides is 1. The van der Waals surface area contributed by atoms with Crippen molar-refractivity contribution in [3.63, 3.8) is 0 Å². The summed E-state index contributed by atoms with van der Waals surface area (Å²) in [5.41, 5.74) is 0. The van der Waals surface area contributed by atoms with E-state index < -0.39 is 5.97 Å². The average molecular weight is 205 g/mol. The van der Waals surface area contributed by atoms with Gasteiger partial charge >= 0.3 is 5.97 Å². The molecule has 1 N–H and O–H groups in total. The van der Waals surface area contributed by atoms with Gasteiger partial charge in [-0.1, -0.05) is 0 Å². The smallest absolute Gasteiger partial charge is 0.323 e. The lowest BCUT2D eigenvalue weighted by Gasteiger charge is -2.13. The van der Waals surface area contributed by atoms with E-state index in [-0.39, 0.29) is 12.5 Å². The maximum atomic E-state index is 11.2. The van der Waals surface area contributed by atoms with Crippen LogP contribution in [0.3, 0.4) is 0 Å². The second-order valence-electron chi connectivity index (χ2n) is 2.74. The first-order valence-corrected chi connectivity index (χ1v) is 5.42. The summed E-state index contributed by atoms with van der Waals surface area (Å²) in [7, 11) is 1.51. The van der Waals surface area contributed by atoms with E-state index in [0.29, 0.717) is 6.42 Å². The molecule has 0 heterocycles. The van der Waals surface area contributed by atoms with E-state index in [1.54, 1.807) is 11.8 Å². The monoisotopic (exact) mass is 205 g/mol. The quantitative estimate of drug-likeness (QED) is 0.648. The fourth-order valence-corrected chi connectivity index (χ4v) is 1.28. The number of hydrogen-bond donors (Lipinski definition) is 1. The molecular formula is C8H15NO3S. The van der Waals surface area contributed by atoms with Gasteiger partial charge in [-0.2, -0.15) is 11.8 Å². The van der Waals surface area contributed by atoms with Crippen molar-refractivity contribution >= 4 is 23.6 Å². The molecule has 0 saturated carbocycles. The Kier molecular flexibility index (Phi) is 6.40. The summed E-state index contributed by atoms with van der Waals surface area (Å²) in [5.74, 6) is -0.135. The van der Waals surface area contributed by atoms with Crippen molar-refractivity contribution in [1.82, 2.24) is 4.90 Å². The van der Waals surface area contributed by atoms with Crippen LogP contribution in [0.25, 0.3) is 0 Å². The fourth-order valence-electron chi connectivity index (χ4n) is 0.850. The summed E-state index contributed by atoms with van der Waals surface area (Å²) in [6.07, 6.45) is 3.22. The van der Waals surface area contributed by atoms with Gasteiger partial charge in [0.2, 0.25) is 5.91 Å². The van der Waals surface area contributed by atoms with Crippen molar-refractivity contribution in [3.05, 3.63) is 0 Å². The van der Waals surface area contributed by atoms with E-state index in [0.717, 1.165) is 12.2 Å². The van der Waals surface area contributed by atoms with Gasteiger partial charge in [0, 0.05) is 13.5 Å². The zero-order chi connectivity index (χ0) is 10.3. The normalized spacial score (nSPS) is 9.69. The second-order valence-corrected chi connectivity index (χ2v) is 3.73. The van der Waals surface area contributed by atoms with Crippen LogP contribution in [0.1, 0.15) is 12.8 Å². The molecule has 0 saturated heterocycles. The van der Waals surface area contributed by atoms with Crippen molar-refractivity contribution in [2.75, 3.05) is 25.6 Å². The largest absolute Gasteiger partial charge is 0.480 e. The van der Waals surface area contributed by atoms with E-state index in [9.17, 15) is 9.59 Å². The minimum Gasteiger partial charge on any atom is -0.480 e. The number of carboxylic acids is 1. The molecule has 0 aliphatic heterocycles. The van der Waals surface area contributed by atoms with E-state index in [4.69, 9.17) is 5.11 Å². The number of thioether (sulfide) groups is 1. The third kappa shape index (κ3) is 6.45. The van der Waals surface area contributed by atoms with Gasteiger partial charge in [0.15, 0.2) is 0 Å². The zero-order valence-corrected chi connectivity index (χ0v) is 8.76. The molecule has 0 aromatic rings. The molecule has 0 atom stereocenters. The minimum absolute atomic E-state index is 0.101. The molecule has 4 nitrogen and oxygen atoms in total. The zero-order valence-electron chi connectivity index (χ0n) is 7.95. The van der Waals surface area contributed by atoms with E-state index in [1.807, 2.05) is 6.26 Å². The molecule has 76 valence electrons. The molecule has 0 unspecified atom stereocenters. The number of carbonyl (C=O) groups excluding carboxylic acids is 1. The summed E-state index contributed by atoms with van der Waals surface area (Å²) < 4.78 is 0. The molecule has 0 radical (unpaired) electrons. The Morgan fingerprint density at radius 1 is 1.46 bits per heavy atom. The highest BCUT2D eigenvalue weighted by molar-refractivity contribution is 7.98. The van der Waals surface area contributed by atoms with Gasteiger partial charge in [0.05, 0.1) is 0 Å². The SMILES string of the molecule is CSCCCC(=O)N(C)CC(=O)O. The number of likely N-dealkylation sites (N-methyl/N-ethyl adjacent to an activating group) is 1. The molecular weight excluding hydrogens is 190 g/mol. The first-order valence-electron chi connectivity index (χ1n) is 4.02. The Morgan fingerprint density at radius 2 is 2.08 bits per heavy atom. The van der Waals surface area contributed by atoms with Crippen LogP contribution in [-0.2, 0) is 9.59 Å². The lowest BCUT2D eigenvalue weighted by Crippen LogP contribution is -2.31. The third-order valence-electron chi connectivity index (χ3n) is 1.54. The molecule has 0 aromatic carbocycles. The highest BCUT2D eigenvalue weighted by Crippen LogP contribution is 2.01. The molecule has 13 heavy (non-hydrogen) atoms. The number of carbonyl (C=O) groups is 2. The standard InChI is InChI=1S/C8H15NO3S/c1-9(6-8(11)12)7(10)4-3-5-13-2/h3-6H2,1-2H3,(H,11,12). The van der Waals surface area contributed by atoms with Crippen LogP contribution in [0.5, 0.6) is 0 Å². The van der Waals surface area contributed by atoms with Crippen molar-refractivity contribution in [1.29, 1.82) is 0 Å². The van der Waals surface area contributed by atoms with E-state index in [2.05, 4.69) is 0 Å². The van der Waals surface area contributed by atoms with Gasteiger partial charge in [0.1, 0.15) is 6.54 Å². The minimum atomic E-state index is -0.972. The van der Waals surface area contributed by atoms with Crippen LogP contribution in [0.4, 0.5) is 0 Å². The Hall–Kier alpha value is -0.710. The van der Waals surface area contributed by atoms with Crippen LogP contribution in [-0.4, -0.2) is 47.5 Å². The highest BCUT2D eigenvalue weighted by Gasteiger charge is 2.10. The molecule has 0 aromatic heterocycles.